The highest BCUT2D eigenvalue weighted by molar-refractivity contribution is 6.46. The first-order chi connectivity index (χ1) is 15.4. The molecule has 1 aliphatic heterocycles. The number of aryl methyl sites for hydroxylation is 2. The summed E-state index contributed by atoms with van der Waals surface area (Å²) in [5, 5.41) is 3.21. The van der Waals surface area contributed by atoms with Crippen LogP contribution in [0.3, 0.4) is 0 Å². The van der Waals surface area contributed by atoms with Gasteiger partial charge in [0.25, 0.3) is 11.8 Å². The van der Waals surface area contributed by atoms with Gasteiger partial charge in [0.2, 0.25) is 0 Å². The van der Waals surface area contributed by atoms with E-state index in [-0.39, 0.29) is 5.70 Å². The molecular formula is C26H24N2O4. The molecule has 1 heterocycles. The second-order valence-electron chi connectivity index (χ2n) is 7.60. The summed E-state index contributed by atoms with van der Waals surface area (Å²) in [5.41, 5.74) is 4.50. The number of carbonyl (C=O) groups excluding carboxylic acids is 2. The Labute approximate surface area is 187 Å². The van der Waals surface area contributed by atoms with Gasteiger partial charge >= 0.3 is 0 Å². The number of nitrogens with one attached hydrogen (secondary N) is 1. The minimum Gasteiger partial charge on any atom is -0.493 e. The lowest BCUT2D eigenvalue weighted by Crippen LogP contribution is -2.32. The number of hydrogen-bond acceptors (Lipinski definition) is 5. The van der Waals surface area contributed by atoms with E-state index in [4.69, 9.17) is 9.47 Å². The van der Waals surface area contributed by atoms with Crippen molar-refractivity contribution in [2.24, 2.45) is 0 Å². The lowest BCUT2D eigenvalue weighted by molar-refractivity contribution is -0.120. The van der Waals surface area contributed by atoms with Crippen LogP contribution in [0.2, 0.25) is 0 Å². The molecule has 6 heteroatoms. The standard InChI is InChI=1S/C26H24N2O4/c1-16-12-17(2)14-19(13-16)27-24-23(18-8-6-5-7-9-18)25(29)28(26(24)30)20-10-11-21(31-3)22(15-20)32-4/h5-15,27H,1-4H3. The fraction of sp³-hybridized carbons (Fsp3) is 0.154. The predicted octanol–water partition coefficient (Wildman–Crippen LogP) is 4.72. The fourth-order valence-electron chi connectivity index (χ4n) is 3.91. The summed E-state index contributed by atoms with van der Waals surface area (Å²) < 4.78 is 10.6. The molecule has 3 aromatic rings. The number of amides is 2. The van der Waals surface area contributed by atoms with Crippen molar-refractivity contribution in [2.45, 2.75) is 13.8 Å². The third-order valence-corrected chi connectivity index (χ3v) is 5.26. The highest BCUT2D eigenvalue weighted by atomic mass is 16.5. The molecule has 3 aromatic carbocycles. The lowest BCUT2D eigenvalue weighted by atomic mass is 10.0. The number of carbonyl (C=O) groups is 2. The Morgan fingerprint density at radius 2 is 1.41 bits per heavy atom. The number of anilines is 2. The van der Waals surface area contributed by atoms with E-state index in [1.807, 2.05) is 56.3 Å². The van der Waals surface area contributed by atoms with E-state index in [1.165, 1.54) is 14.2 Å². The lowest BCUT2D eigenvalue weighted by Gasteiger charge is -2.17. The summed E-state index contributed by atoms with van der Waals surface area (Å²) in [5.74, 6) is 0.114. The number of methoxy groups -OCH3 is 2. The molecule has 0 spiro atoms. The first-order valence-corrected chi connectivity index (χ1v) is 10.2. The van der Waals surface area contributed by atoms with Crippen LogP contribution in [0, 0.1) is 13.8 Å². The van der Waals surface area contributed by atoms with Crippen molar-refractivity contribution < 1.29 is 19.1 Å². The van der Waals surface area contributed by atoms with Gasteiger partial charge in [-0.1, -0.05) is 36.4 Å². The van der Waals surface area contributed by atoms with Crippen LogP contribution in [0.4, 0.5) is 11.4 Å². The highest BCUT2D eigenvalue weighted by Gasteiger charge is 2.40. The van der Waals surface area contributed by atoms with E-state index in [9.17, 15) is 9.59 Å². The molecule has 0 aromatic heterocycles. The van der Waals surface area contributed by atoms with Crippen molar-refractivity contribution in [3.63, 3.8) is 0 Å². The molecule has 0 aliphatic carbocycles. The van der Waals surface area contributed by atoms with E-state index in [0.29, 0.717) is 28.3 Å². The van der Waals surface area contributed by atoms with Gasteiger partial charge in [-0.2, -0.15) is 0 Å². The van der Waals surface area contributed by atoms with E-state index >= 15 is 0 Å². The van der Waals surface area contributed by atoms with Crippen LogP contribution in [0.1, 0.15) is 16.7 Å². The third-order valence-electron chi connectivity index (χ3n) is 5.26. The van der Waals surface area contributed by atoms with Crippen LogP contribution in [0.15, 0.2) is 72.4 Å². The first kappa shape index (κ1) is 21.2. The second-order valence-corrected chi connectivity index (χ2v) is 7.60. The van der Waals surface area contributed by atoms with Crippen molar-refractivity contribution in [3.8, 4) is 11.5 Å². The smallest absolute Gasteiger partial charge is 0.282 e. The van der Waals surface area contributed by atoms with Crippen LogP contribution in [-0.2, 0) is 9.59 Å². The molecule has 6 nitrogen and oxygen atoms in total. The van der Waals surface area contributed by atoms with Gasteiger partial charge in [0.05, 0.1) is 25.5 Å². The Morgan fingerprint density at radius 3 is 2.03 bits per heavy atom. The molecule has 4 rings (SSSR count). The van der Waals surface area contributed by atoms with Gasteiger partial charge < -0.3 is 14.8 Å². The van der Waals surface area contributed by atoms with Gasteiger partial charge in [-0.15, -0.1) is 0 Å². The number of ether oxygens (including phenoxy) is 2. The molecule has 32 heavy (non-hydrogen) atoms. The van der Waals surface area contributed by atoms with Crippen LogP contribution in [0.5, 0.6) is 11.5 Å². The molecule has 0 radical (unpaired) electrons. The van der Waals surface area contributed by atoms with E-state index in [2.05, 4.69) is 11.4 Å². The maximum absolute atomic E-state index is 13.5. The summed E-state index contributed by atoms with van der Waals surface area (Å²) in [6.07, 6.45) is 0. The minimum absolute atomic E-state index is 0.237. The SMILES string of the molecule is COc1ccc(N2C(=O)C(Nc3cc(C)cc(C)c3)=C(c3ccccc3)C2=O)cc1OC. The Kier molecular flexibility index (Phi) is 5.69. The molecule has 0 fully saturated rings. The summed E-state index contributed by atoms with van der Waals surface area (Å²) >= 11 is 0. The quantitative estimate of drug-likeness (QED) is 0.576. The van der Waals surface area contributed by atoms with Crippen molar-refractivity contribution in [3.05, 3.63) is 89.1 Å². The summed E-state index contributed by atoms with van der Waals surface area (Å²) in [7, 11) is 3.04. The number of benzene rings is 3. The number of imide groups is 1. The second kappa shape index (κ2) is 8.59. The molecule has 1 N–H and O–H groups in total. The first-order valence-electron chi connectivity index (χ1n) is 10.2. The number of hydrogen-bond donors (Lipinski definition) is 1. The Bertz CT molecular complexity index is 1210. The van der Waals surface area contributed by atoms with Crippen molar-refractivity contribution in [1.29, 1.82) is 0 Å². The Balaban J connectivity index is 1.82. The molecule has 1 aliphatic rings. The van der Waals surface area contributed by atoms with Crippen molar-refractivity contribution in [1.82, 2.24) is 0 Å². The predicted molar refractivity (Wildman–Crippen MR) is 125 cm³/mol. The van der Waals surface area contributed by atoms with Crippen molar-refractivity contribution >= 4 is 28.8 Å². The number of rotatable bonds is 6. The summed E-state index contributed by atoms with van der Waals surface area (Å²) in [4.78, 5) is 28.2. The summed E-state index contributed by atoms with van der Waals surface area (Å²) in [6.45, 7) is 3.98. The van der Waals surface area contributed by atoms with Crippen molar-refractivity contribution in [2.75, 3.05) is 24.4 Å². The van der Waals surface area contributed by atoms with Gasteiger partial charge in [0.15, 0.2) is 11.5 Å². The highest BCUT2D eigenvalue weighted by Crippen LogP contribution is 2.37. The average molecular weight is 428 g/mol. The Hall–Kier alpha value is -4.06. The zero-order valence-electron chi connectivity index (χ0n) is 18.4. The van der Waals surface area contributed by atoms with Gasteiger partial charge in [-0.05, 0) is 54.8 Å². The molecule has 0 atom stereocenters. The molecule has 162 valence electrons. The van der Waals surface area contributed by atoms with Crippen LogP contribution < -0.4 is 19.7 Å². The van der Waals surface area contributed by atoms with Crippen LogP contribution >= 0.6 is 0 Å². The van der Waals surface area contributed by atoms with Crippen LogP contribution in [0.25, 0.3) is 5.57 Å². The largest absolute Gasteiger partial charge is 0.493 e. The van der Waals surface area contributed by atoms with E-state index in [0.717, 1.165) is 21.7 Å². The van der Waals surface area contributed by atoms with Gasteiger partial charge in [-0.25, -0.2) is 4.90 Å². The maximum Gasteiger partial charge on any atom is 0.282 e. The van der Waals surface area contributed by atoms with E-state index in [1.54, 1.807) is 18.2 Å². The normalized spacial score (nSPS) is 13.6. The molecule has 0 saturated carbocycles. The maximum atomic E-state index is 13.5. The molecule has 0 saturated heterocycles. The zero-order chi connectivity index (χ0) is 22.8. The van der Waals surface area contributed by atoms with Gasteiger partial charge in [0.1, 0.15) is 5.70 Å². The van der Waals surface area contributed by atoms with Gasteiger partial charge in [-0.3, -0.25) is 9.59 Å². The topological polar surface area (TPSA) is 67.9 Å². The van der Waals surface area contributed by atoms with Crippen LogP contribution in [-0.4, -0.2) is 26.0 Å². The minimum atomic E-state index is -0.430. The molecule has 0 bridgehead atoms. The Morgan fingerprint density at radius 1 is 0.750 bits per heavy atom. The fourth-order valence-corrected chi connectivity index (χ4v) is 3.91. The monoisotopic (exact) mass is 428 g/mol. The average Bonchev–Trinajstić information content (AvgIpc) is 3.02. The zero-order valence-corrected chi connectivity index (χ0v) is 18.4. The van der Waals surface area contributed by atoms with E-state index < -0.39 is 11.8 Å². The van der Waals surface area contributed by atoms with Gasteiger partial charge in [0, 0.05) is 11.8 Å². The molecular weight excluding hydrogens is 404 g/mol. The third kappa shape index (κ3) is 3.83. The number of nitrogens with zero attached hydrogens (tertiary/aromatic N) is 1. The molecule has 0 unspecified atom stereocenters. The molecule has 2 amide bonds. The summed E-state index contributed by atoms with van der Waals surface area (Å²) in [6, 6.07) is 20.1.